The molecule has 0 spiro atoms. The molecule has 0 aromatic carbocycles. The van der Waals surface area contributed by atoms with E-state index in [1.165, 1.54) is 6.20 Å². The van der Waals surface area contributed by atoms with E-state index in [-0.39, 0.29) is 12.3 Å². The zero-order chi connectivity index (χ0) is 17.4. The number of carbonyl (C=O) groups is 1. The Morgan fingerprint density at radius 3 is 2.35 bits per heavy atom. The number of aromatic carboxylic acids is 1. The van der Waals surface area contributed by atoms with Crippen LogP contribution in [0.3, 0.4) is 0 Å². The molecule has 0 saturated carbocycles. The number of hydrogen-bond donors (Lipinski definition) is 2. The van der Waals surface area contributed by atoms with Crippen LogP contribution in [0.2, 0.25) is 0 Å². The Morgan fingerprint density at radius 2 is 1.87 bits per heavy atom. The number of aromatic nitrogens is 1. The summed E-state index contributed by atoms with van der Waals surface area (Å²) in [5, 5.41) is 18.9. The first kappa shape index (κ1) is 17.7. The maximum absolute atomic E-state index is 11.3. The van der Waals surface area contributed by atoms with Gasteiger partial charge in [0.2, 0.25) is 0 Å². The molecule has 7 heteroatoms. The van der Waals surface area contributed by atoms with Crippen LogP contribution >= 0.6 is 0 Å². The number of aliphatic hydroxyl groups excluding tert-OH is 1. The second-order valence-electron chi connectivity index (χ2n) is 6.72. The van der Waals surface area contributed by atoms with E-state index in [0.29, 0.717) is 11.0 Å². The van der Waals surface area contributed by atoms with Gasteiger partial charge in [-0.05, 0) is 51.7 Å². The van der Waals surface area contributed by atoms with Gasteiger partial charge in [-0.25, -0.2) is 9.78 Å². The largest absolute Gasteiger partial charge is 0.492 e. The van der Waals surface area contributed by atoms with Crippen molar-refractivity contribution >= 4 is 19.2 Å². The van der Waals surface area contributed by atoms with Crippen molar-refractivity contribution in [3.63, 3.8) is 0 Å². The summed E-state index contributed by atoms with van der Waals surface area (Å²) in [5.74, 6) is -1.12. The Morgan fingerprint density at radius 1 is 1.30 bits per heavy atom. The molecule has 1 fully saturated rings. The molecule has 2 N–H and O–H groups in total. The molecule has 0 amide bonds. The van der Waals surface area contributed by atoms with Gasteiger partial charge >= 0.3 is 13.1 Å². The lowest BCUT2D eigenvalue weighted by Gasteiger charge is -2.32. The zero-order valence-corrected chi connectivity index (χ0v) is 14.1. The highest BCUT2D eigenvalue weighted by atomic mass is 16.7. The molecule has 23 heavy (non-hydrogen) atoms. The Hall–Kier alpha value is -1.70. The zero-order valence-electron chi connectivity index (χ0n) is 14.1. The van der Waals surface area contributed by atoms with Crippen LogP contribution in [-0.4, -0.2) is 46.1 Å². The third kappa shape index (κ3) is 3.47. The van der Waals surface area contributed by atoms with E-state index in [9.17, 15) is 15.0 Å². The van der Waals surface area contributed by atoms with Crippen LogP contribution in [0, 0.1) is 6.92 Å². The lowest BCUT2D eigenvalue weighted by Crippen LogP contribution is -2.41. The van der Waals surface area contributed by atoms with Crippen molar-refractivity contribution < 1.29 is 24.3 Å². The highest BCUT2D eigenvalue weighted by Crippen LogP contribution is 2.38. The topological polar surface area (TPSA) is 88.9 Å². The predicted octanol–water partition coefficient (Wildman–Crippen LogP) is 2.10. The van der Waals surface area contributed by atoms with Gasteiger partial charge in [-0.1, -0.05) is 6.08 Å². The number of rotatable bonds is 4. The molecule has 0 atom stereocenters. The summed E-state index contributed by atoms with van der Waals surface area (Å²) in [4.78, 5) is 15.3. The van der Waals surface area contributed by atoms with E-state index in [0.717, 1.165) is 5.56 Å². The van der Waals surface area contributed by atoms with Crippen LogP contribution in [-0.2, 0) is 9.31 Å². The Labute approximate surface area is 136 Å². The van der Waals surface area contributed by atoms with Crippen molar-refractivity contribution in [2.75, 3.05) is 6.61 Å². The van der Waals surface area contributed by atoms with Gasteiger partial charge in [0.1, 0.15) is 0 Å². The lowest BCUT2D eigenvalue weighted by molar-refractivity contribution is 0.00578. The van der Waals surface area contributed by atoms with Gasteiger partial charge in [0.15, 0.2) is 5.69 Å². The van der Waals surface area contributed by atoms with Gasteiger partial charge in [-0.2, -0.15) is 0 Å². The quantitative estimate of drug-likeness (QED) is 0.826. The summed E-state index contributed by atoms with van der Waals surface area (Å²) >= 11 is 0. The van der Waals surface area contributed by atoms with Crippen molar-refractivity contribution in [3.8, 4) is 0 Å². The van der Waals surface area contributed by atoms with Crippen molar-refractivity contribution in [1.82, 2.24) is 4.98 Å². The first-order valence-corrected chi connectivity index (χ1v) is 7.44. The molecule has 0 aliphatic carbocycles. The number of hydrogen-bond acceptors (Lipinski definition) is 5. The first-order valence-electron chi connectivity index (χ1n) is 7.44. The minimum atomic E-state index is -1.12. The minimum Gasteiger partial charge on any atom is -0.476 e. The second kappa shape index (κ2) is 6.07. The Balaban J connectivity index is 2.41. The highest BCUT2D eigenvalue weighted by Gasteiger charge is 2.52. The van der Waals surface area contributed by atoms with Gasteiger partial charge in [-0.15, -0.1) is 0 Å². The van der Waals surface area contributed by atoms with Crippen LogP contribution in [0.25, 0.3) is 6.08 Å². The third-order valence-electron chi connectivity index (χ3n) is 4.34. The van der Waals surface area contributed by atoms with E-state index >= 15 is 0 Å². The molecule has 124 valence electrons. The molecule has 1 aromatic heterocycles. The monoisotopic (exact) mass is 319 g/mol. The molecule has 1 aromatic rings. The van der Waals surface area contributed by atoms with Crippen LogP contribution < -0.4 is 0 Å². The fraction of sp³-hybridized carbons (Fsp3) is 0.500. The van der Waals surface area contributed by atoms with Crippen LogP contribution in [0.15, 0.2) is 17.7 Å². The van der Waals surface area contributed by atoms with Crippen molar-refractivity contribution in [2.24, 2.45) is 0 Å². The van der Waals surface area contributed by atoms with Crippen molar-refractivity contribution in [2.45, 2.75) is 45.8 Å². The van der Waals surface area contributed by atoms with Crippen LogP contribution in [0.4, 0.5) is 0 Å². The number of aryl methyl sites for hydroxylation is 1. The molecule has 1 aliphatic heterocycles. The van der Waals surface area contributed by atoms with Gasteiger partial charge in [-0.3, -0.25) is 0 Å². The summed E-state index contributed by atoms with van der Waals surface area (Å²) in [6.07, 6.45) is 3.07. The van der Waals surface area contributed by atoms with Crippen molar-refractivity contribution in [3.05, 3.63) is 34.6 Å². The molecular weight excluding hydrogens is 297 g/mol. The summed E-state index contributed by atoms with van der Waals surface area (Å²) in [6, 6.07) is 1.71. The van der Waals surface area contributed by atoms with E-state index < -0.39 is 24.3 Å². The van der Waals surface area contributed by atoms with Crippen LogP contribution in [0.1, 0.15) is 49.3 Å². The fourth-order valence-electron chi connectivity index (χ4n) is 2.26. The molecule has 6 nitrogen and oxygen atoms in total. The maximum Gasteiger partial charge on any atom is 0.492 e. The molecule has 1 aliphatic rings. The van der Waals surface area contributed by atoms with Gasteiger partial charge in [0.05, 0.1) is 17.8 Å². The number of pyridine rings is 1. The fourth-order valence-corrected chi connectivity index (χ4v) is 2.26. The Kier molecular flexibility index (Phi) is 4.66. The maximum atomic E-state index is 11.3. The summed E-state index contributed by atoms with van der Waals surface area (Å²) in [7, 11) is -0.729. The standard InChI is InChI=1S/C16H22BNO5/c1-10-6-11(13(14(20)21)18-8-10)7-12(9-19)17-22-15(2,3)16(4,5)23-17/h6-8,19H,9H2,1-5H3,(H,20,21). The third-order valence-corrected chi connectivity index (χ3v) is 4.34. The highest BCUT2D eigenvalue weighted by molar-refractivity contribution is 6.55. The van der Waals surface area contributed by atoms with Crippen molar-refractivity contribution in [1.29, 1.82) is 0 Å². The van der Waals surface area contributed by atoms with Gasteiger partial charge in [0, 0.05) is 11.8 Å². The average Bonchev–Trinajstić information content (AvgIpc) is 2.64. The average molecular weight is 319 g/mol. The number of carboxylic acid groups (broad SMARTS) is 1. The molecule has 2 heterocycles. The SMILES string of the molecule is Cc1cnc(C(=O)O)c(C=C(CO)B2OC(C)(C)C(C)(C)O2)c1. The lowest BCUT2D eigenvalue weighted by atomic mass is 9.77. The minimum absolute atomic E-state index is 0.0712. The predicted molar refractivity (Wildman–Crippen MR) is 87.1 cm³/mol. The summed E-state index contributed by atoms with van der Waals surface area (Å²) in [6.45, 7) is 9.18. The van der Waals surface area contributed by atoms with E-state index in [4.69, 9.17) is 9.31 Å². The molecule has 0 radical (unpaired) electrons. The van der Waals surface area contributed by atoms with E-state index in [1.54, 1.807) is 12.1 Å². The smallest absolute Gasteiger partial charge is 0.476 e. The normalized spacial score (nSPS) is 19.9. The molecule has 1 saturated heterocycles. The van der Waals surface area contributed by atoms with Gasteiger partial charge < -0.3 is 19.5 Å². The summed E-state index contributed by atoms with van der Waals surface area (Å²) < 4.78 is 11.8. The summed E-state index contributed by atoms with van der Waals surface area (Å²) in [5.41, 5.74) is 0.555. The van der Waals surface area contributed by atoms with E-state index in [2.05, 4.69) is 4.98 Å². The number of aliphatic hydroxyl groups is 1. The first-order chi connectivity index (χ1) is 10.6. The number of nitrogens with zero attached hydrogens (tertiary/aromatic N) is 1. The molecule has 2 rings (SSSR count). The van der Waals surface area contributed by atoms with Crippen LogP contribution in [0.5, 0.6) is 0 Å². The second-order valence-corrected chi connectivity index (χ2v) is 6.72. The number of carboxylic acids is 1. The molecular formula is C16H22BNO5. The van der Waals surface area contributed by atoms with E-state index in [1.807, 2.05) is 34.6 Å². The molecule has 0 unspecified atom stereocenters. The van der Waals surface area contributed by atoms with Gasteiger partial charge in [0.25, 0.3) is 0 Å². The Bertz CT molecular complexity index is 638. The molecule has 0 bridgehead atoms.